The highest BCUT2D eigenvalue weighted by atomic mass is 35.7. The van der Waals surface area contributed by atoms with Gasteiger partial charge in [-0.3, -0.25) is 4.72 Å². The van der Waals surface area contributed by atoms with Crippen LogP contribution in [-0.2, 0) is 19.1 Å². The van der Waals surface area contributed by atoms with Crippen molar-refractivity contribution in [2.75, 3.05) is 16.2 Å². The monoisotopic (exact) mass is 936 g/mol. The minimum atomic E-state index is -3.80. The lowest BCUT2D eigenvalue weighted by atomic mass is 10.1. The van der Waals surface area contributed by atoms with Crippen molar-refractivity contribution in [1.29, 1.82) is 0 Å². The van der Waals surface area contributed by atoms with Gasteiger partial charge in [0.05, 0.1) is 9.79 Å². The van der Waals surface area contributed by atoms with E-state index in [1.165, 1.54) is 12.1 Å². The van der Waals surface area contributed by atoms with Crippen LogP contribution in [0.1, 0.15) is 29.7 Å². The van der Waals surface area contributed by atoms with Crippen LogP contribution in [0.5, 0.6) is 0 Å². The van der Waals surface area contributed by atoms with Crippen molar-refractivity contribution >= 4 is 70.4 Å². The molecule has 0 aliphatic heterocycles. The molecule has 8 aromatic rings. The van der Waals surface area contributed by atoms with Crippen LogP contribution in [0.25, 0.3) is 34.0 Å². The summed E-state index contributed by atoms with van der Waals surface area (Å²) in [5.41, 5.74) is 17.3. The standard InChI is InChI=1S/C17H15ClN2O3S.C9H7ClN2O.C9H8N2O.C8H9ClO2S.CH4/c1-11-8-9-14(10-12(11)2)24(21,22)20-17-15(18)16(23-19-17)13-6-4-3-5-7-13;10-7-8(13-12-9(7)11)6-4-2-1-3-5-6;10-9-6-8(12-11-9)7-4-2-1-3-5-7;1-6-3-4-8(5-7(6)2)12(9,10)11;/h3-10H,1-2H3,(H,19,20);1-5H,(H2,11,12);1-6H,(H2,10,11);3-5H,1-2H3;1H4. The van der Waals surface area contributed by atoms with Crippen LogP contribution in [0, 0.1) is 27.7 Å². The van der Waals surface area contributed by atoms with E-state index < -0.39 is 19.1 Å². The second-order valence-electron chi connectivity index (χ2n) is 13.1. The number of nitrogens with zero attached hydrogens (tertiary/aromatic N) is 3. The number of sulfonamides is 1. The Hall–Kier alpha value is -6.10. The Morgan fingerprint density at radius 2 is 0.984 bits per heavy atom. The molecule has 62 heavy (non-hydrogen) atoms. The minimum Gasteiger partial charge on any atom is -0.381 e. The van der Waals surface area contributed by atoms with E-state index in [2.05, 4.69) is 20.2 Å². The first-order valence-corrected chi connectivity index (χ1v) is 22.6. The zero-order valence-electron chi connectivity index (χ0n) is 33.0. The van der Waals surface area contributed by atoms with Crippen molar-refractivity contribution in [2.24, 2.45) is 0 Å². The first kappa shape index (κ1) is 48.6. The lowest BCUT2D eigenvalue weighted by molar-refractivity contribution is 0.435. The van der Waals surface area contributed by atoms with Gasteiger partial charge in [0.25, 0.3) is 19.1 Å². The van der Waals surface area contributed by atoms with Crippen molar-refractivity contribution in [2.45, 2.75) is 44.9 Å². The molecule has 324 valence electrons. The maximum Gasteiger partial charge on any atom is 0.263 e. The normalized spacial score (nSPS) is 10.8. The average Bonchev–Trinajstić information content (AvgIpc) is 3.95. The molecule has 0 saturated heterocycles. The summed E-state index contributed by atoms with van der Waals surface area (Å²) < 4.78 is 64.3. The number of benzene rings is 5. The van der Waals surface area contributed by atoms with Crippen molar-refractivity contribution in [1.82, 2.24) is 15.5 Å². The Morgan fingerprint density at radius 3 is 1.42 bits per heavy atom. The number of aryl methyl sites for hydroxylation is 4. The van der Waals surface area contributed by atoms with Gasteiger partial charge in [0.15, 0.2) is 28.9 Å². The summed E-state index contributed by atoms with van der Waals surface area (Å²) in [6.45, 7) is 7.53. The number of nitrogens with two attached hydrogens (primary N) is 2. The third kappa shape index (κ3) is 13.0. The molecule has 0 saturated carbocycles. The molecule has 3 aromatic heterocycles. The molecule has 0 radical (unpaired) electrons. The van der Waals surface area contributed by atoms with E-state index >= 15 is 0 Å². The molecule has 0 fully saturated rings. The molecule has 18 heteroatoms. The van der Waals surface area contributed by atoms with Crippen LogP contribution in [0.3, 0.4) is 0 Å². The van der Waals surface area contributed by atoms with Gasteiger partial charge in [-0.15, -0.1) is 0 Å². The van der Waals surface area contributed by atoms with Gasteiger partial charge in [-0.1, -0.05) is 149 Å². The van der Waals surface area contributed by atoms with Crippen molar-refractivity contribution in [3.63, 3.8) is 0 Å². The molecule has 8 rings (SSSR count). The molecule has 0 aliphatic carbocycles. The van der Waals surface area contributed by atoms with E-state index in [1.54, 1.807) is 42.5 Å². The predicted octanol–water partition coefficient (Wildman–Crippen LogP) is 11.8. The van der Waals surface area contributed by atoms with Gasteiger partial charge < -0.3 is 25.0 Å². The number of nitrogen functional groups attached to an aromatic ring is 2. The summed E-state index contributed by atoms with van der Waals surface area (Å²) in [4.78, 5) is 0.304. The van der Waals surface area contributed by atoms with Crippen molar-refractivity contribution < 1.29 is 30.4 Å². The fourth-order valence-corrected chi connectivity index (χ4v) is 7.52. The van der Waals surface area contributed by atoms with E-state index in [0.29, 0.717) is 33.7 Å². The third-order valence-corrected chi connectivity index (χ3v) is 12.1. The highest BCUT2D eigenvalue weighted by Gasteiger charge is 2.22. The molecule has 0 atom stereocenters. The van der Waals surface area contributed by atoms with E-state index in [0.717, 1.165) is 33.4 Å². The lowest BCUT2D eigenvalue weighted by Crippen LogP contribution is -2.13. The fraction of sp³-hybridized carbons (Fsp3) is 0.114. The summed E-state index contributed by atoms with van der Waals surface area (Å²) in [5.74, 6) is 2.13. The number of rotatable bonds is 7. The van der Waals surface area contributed by atoms with Crippen LogP contribution in [0.4, 0.5) is 17.5 Å². The summed E-state index contributed by atoms with van der Waals surface area (Å²) in [5, 5.41) is 11.4. The summed E-state index contributed by atoms with van der Waals surface area (Å²) >= 11 is 12.1. The zero-order chi connectivity index (χ0) is 44.3. The Labute approximate surface area is 375 Å². The number of hydrogen-bond donors (Lipinski definition) is 3. The van der Waals surface area contributed by atoms with Crippen LogP contribution in [-0.4, -0.2) is 32.3 Å². The lowest BCUT2D eigenvalue weighted by Gasteiger charge is -2.07. The molecule has 0 bridgehead atoms. The van der Waals surface area contributed by atoms with Crippen LogP contribution >= 0.6 is 33.9 Å². The van der Waals surface area contributed by atoms with E-state index in [-0.39, 0.29) is 33.9 Å². The van der Waals surface area contributed by atoms with E-state index in [4.69, 9.17) is 58.9 Å². The first-order valence-electron chi connectivity index (χ1n) is 18.0. The van der Waals surface area contributed by atoms with E-state index in [9.17, 15) is 16.8 Å². The molecule has 3 heterocycles. The molecule has 13 nitrogen and oxygen atoms in total. The molecular formula is C44H43Cl3N6O7S2. The maximum absolute atomic E-state index is 12.5. The van der Waals surface area contributed by atoms with Crippen molar-refractivity contribution in [3.8, 4) is 34.0 Å². The quantitative estimate of drug-likeness (QED) is 0.127. The maximum atomic E-state index is 12.5. The summed E-state index contributed by atoms with van der Waals surface area (Å²) in [6, 6.07) is 39.7. The molecule has 0 unspecified atom stereocenters. The topological polar surface area (TPSA) is 210 Å². The molecule has 0 spiro atoms. The molecular weight excluding hydrogens is 895 g/mol. The first-order chi connectivity index (χ1) is 28.9. The predicted molar refractivity (Wildman–Crippen MR) is 247 cm³/mol. The van der Waals surface area contributed by atoms with Gasteiger partial charge in [-0.05, 0) is 74.2 Å². The number of anilines is 3. The Balaban J connectivity index is 0.000000191. The van der Waals surface area contributed by atoms with Crippen LogP contribution in [0.2, 0.25) is 10.0 Å². The fourth-order valence-electron chi connectivity index (χ4n) is 5.13. The zero-order valence-corrected chi connectivity index (χ0v) is 36.9. The Morgan fingerprint density at radius 1 is 0.532 bits per heavy atom. The van der Waals surface area contributed by atoms with Crippen molar-refractivity contribution in [3.05, 3.63) is 166 Å². The van der Waals surface area contributed by atoms with Gasteiger partial charge in [0, 0.05) is 33.4 Å². The Kier molecular flexibility index (Phi) is 16.9. The summed E-state index contributed by atoms with van der Waals surface area (Å²) in [6.07, 6.45) is 0. The third-order valence-electron chi connectivity index (χ3n) is 8.73. The van der Waals surface area contributed by atoms with Gasteiger partial charge in [0.1, 0.15) is 10.0 Å². The average molecular weight is 938 g/mol. The number of hydrogen-bond acceptors (Lipinski definition) is 12. The van der Waals surface area contributed by atoms with Crippen LogP contribution in [0.15, 0.2) is 157 Å². The van der Waals surface area contributed by atoms with Gasteiger partial charge >= 0.3 is 0 Å². The largest absolute Gasteiger partial charge is 0.381 e. The van der Waals surface area contributed by atoms with Gasteiger partial charge in [0.2, 0.25) is 5.82 Å². The molecule has 0 amide bonds. The minimum absolute atomic E-state index is 0. The smallest absolute Gasteiger partial charge is 0.263 e. The van der Waals surface area contributed by atoms with E-state index in [1.807, 2.05) is 107 Å². The Bertz CT molecular complexity index is 2930. The number of halogens is 3. The second kappa shape index (κ2) is 21.6. The number of aromatic nitrogens is 3. The SMILES string of the molecule is C.Cc1ccc(S(=O)(=O)Cl)cc1C.Cc1ccc(S(=O)(=O)Nc2noc(-c3ccccc3)c2Cl)cc1C.Nc1cc(-c2ccccc2)on1.Nc1noc(-c2ccccc2)c1Cl. The van der Waals surface area contributed by atoms with Crippen LogP contribution < -0.4 is 16.2 Å². The highest BCUT2D eigenvalue weighted by molar-refractivity contribution is 8.13. The molecule has 5 aromatic carbocycles. The molecule has 0 aliphatic rings. The molecule has 5 N–H and O–H groups in total. The highest BCUT2D eigenvalue weighted by Crippen LogP contribution is 2.35. The summed E-state index contributed by atoms with van der Waals surface area (Å²) in [7, 11) is -2.22. The van der Waals surface area contributed by atoms with Gasteiger partial charge in [-0.2, -0.15) is 0 Å². The number of nitrogens with one attached hydrogen (secondary N) is 1. The van der Waals surface area contributed by atoms with Gasteiger partial charge in [-0.25, -0.2) is 16.8 Å². The second-order valence-corrected chi connectivity index (χ2v) is 18.1.